The number of aliphatic hydroxyl groups excluding tert-OH is 1. The first-order chi connectivity index (χ1) is 9.77. The molecule has 0 aromatic heterocycles. The second kappa shape index (κ2) is 5.94. The van der Waals surface area contributed by atoms with Crippen molar-refractivity contribution in [1.82, 2.24) is 0 Å². The van der Waals surface area contributed by atoms with E-state index in [0.29, 0.717) is 5.56 Å². The Morgan fingerprint density at radius 1 is 1.00 bits per heavy atom. The Balaban J connectivity index is 2.31. The molecule has 0 bridgehead atoms. The Hall–Kier alpha value is -1.74. The molecule has 1 N–H and O–H groups in total. The van der Waals surface area contributed by atoms with Gasteiger partial charge in [0, 0.05) is 12.5 Å². The van der Waals surface area contributed by atoms with Crippen LogP contribution in [-0.2, 0) is 11.8 Å². The van der Waals surface area contributed by atoms with Crippen molar-refractivity contribution < 1.29 is 13.9 Å². The van der Waals surface area contributed by atoms with Gasteiger partial charge in [0.05, 0.1) is 6.10 Å². The zero-order valence-corrected chi connectivity index (χ0v) is 12.5. The molecule has 1 nitrogen and oxygen atoms in total. The van der Waals surface area contributed by atoms with Gasteiger partial charge in [0.1, 0.15) is 11.6 Å². The van der Waals surface area contributed by atoms with Gasteiger partial charge in [-0.2, -0.15) is 0 Å². The highest BCUT2D eigenvalue weighted by Crippen LogP contribution is 2.31. The normalized spacial score (nSPS) is 13.2. The Morgan fingerprint density at radius 3 is 2.14 bits per heavy atom. The lowest BCUT2D eigenvalue weighted by atomic mass is 9.81. The van der Waals surface area contributed by atoms with Crippen LogP contribution in [0.15, 0.2) is 42.5 Å². The van der Waals surface area contributed by atoms with Gasteiger partial charge in [-0.3, -0.25) is 0 Å². The topological polar surface area (TPSA) is 20.2 Å². The van der Waals surface area contributed by atoms with Crippen LogP contribution in [0.5, 0.6) is 0 Å². The van der Waals surface area contributed by atoms with E-state index < -0.39 is 17.7 Å². The average molecular weight is 290 g/mol. The van der Waals surface area contributed by atoms with Crippen molar-refractivity contribution in [3.8, 4) is 0 Å². The standard InChI is InChI=1S/C18H20F2O/c1-18(2,3)16-7-5-4-6-15(16)17(21)10-12-8-13(19)11-14(20)9-12/h4-9,11,17,21H,10H2,1-3H3. The van der Waals surface area contributed by atoms with E-state index in [4.69, 9.17) is 0 Å². The van der Waals surface area contributed by atoms with Crippen LogP contribution in [0.2, 0.25) is 0 Å². The summed E-state index contributed by atoms with van der Waals surface area (Å²) in [6, 6.07) is 11.0. The first-order valence-electron chi connectivity index (χ1n) is 7.00. The maximum absolute atomic E-state index is 13.2. The molecule has 2 aromatic rings. The molecule has 0 heterocycles. The molecular weight excluding hydrogens is 270 g/mol. The van der Waals surface area contributed by atoms with Gasteiger partial charge in [-0.25, -0.2) is 8.78 Å². The van der Waals surface area contributed by atoms with Crippen LogP contribution >= 0.6 is 0 Å². The first kappa shape index (κ1) is 15.6. The fourth-order valence-corrected chi connectivity index (χ4v) is 2.53. The maximum Gasteiger partial charge on any atom is 0.126 e. The van der Waals surface area contributed by atoms with E-state index in [1.807, 2.05) is 24.3 Å². The number of hydrogen-bond acceptors (Lipinski definition) is 1. The Labute approximate surface area is 124 Å². The Bertz CT molecular complexity index is 609. The van der Waals surface area contributed by atoms with E-state index in [1.54, 1.807) is 0 Å². The molecule has 21 heavy (non-hydrogen) atoms. The number of rotatable bonds is 3. The van der Waals surface area contributed by atoms with Crippen molar-refractivity contribution in [3.05, 3.63) is 70.8 Å². The zero-order valence-electron chi connectivity index (χ0n) is 12.5. The molecule has 0 spiro atoms. The van der Waals surface area contributed by atoms with Crippen LogP contribution in [0.1, 0.15) is 43.6 Å². The summed E-state index contributed by atoms with van der Waals surface area (Å²) >= 11 is 0. The summed E-state index contributed by atoms with van der Waals surface area (Å²) < 4.78 is 26.5. The molecule has 0 aliphatic rings. The minimum atomic E-state index is -0.790. The fraction of sp³-hybridized carbons (Fsp3) is 0.333. The highest BCUT2D eigenvalue weighted by Gasteiger charge is 2.21. The molecule has 0 aliphatic heterocycles. The third-order valence-corrected chi connectivity index (χ3v) is 3.48. The Morgan fingerprint density at radius 2 is 1.57 bits per heavy atom. The molecule has 0 aliphatic carbocycles. The van der Waals surface area contributed by atoms with Crippen molar-refractivity contribution in [2.24, 2.45) is 0 Å². The number of benzene rings is 2. The van der Waals surface area contributed by atoms with Crippen LogP contribution in [0, 0.1) is 11.6 Å². The molecule has 112 valence electrons. The van der Waals surface area contributed by atoms with Gasteiger partial charge < -0.3 is 5.11 Å². The van der Waals surface area contributed by atoms with E-state index >= 15 is 0 Å². The largest absolute Gasteiger partial charge is 0.388 e. The molecule has 0 amide bonds. The lowest BCUT2D eigenvalue weighted by Crippen LogP contribution is -2.17. The quantitative estimate of drug-likeness (QED) is 0.880. The summed E-state index contributed by atoms with van der Waals surface area (Å²) in [6.45, 7) is 6.21. The third kappa shape index (κ3) is 3.88. The Kier molecular flexibility index (Phi) is 4.43. The lowest BCUT2D eigenvalue weighted by molar-refractivity contribution is 0.176. The fourth-order valence-electron chi connectivity index (χ4n) is 2.53. The van der Waals surface area contributed by atoms with Crippen molar-refractivity contribution in [2.75, 3.05) is 0 Å². The van der Waals surface area contributed by atoms with E-state index in [-0.39, 0.29) is 11.8 Å². The molecule has 0 saturated heterocycles. The van der Waals surface area contributed by atoms with Gasteiger partial charge in [-0.05, 0) is 34.2 Å². The second-order valence-corrected chi connectivity index (χ2v) is 6.33. The molecule has 0 saturated carbocycles. The third-order valence-electron chi connectivity index (χ3n) is 3.48. The number of aliphatic hydroxyl groups is 1. The van der Waals surface area contributed by atoms with Gasteiger partial charge >= 0.3 is 0 Å². The smallest absolute Gasteiger partial charge is 0.126 e. The summed E-state index contributed by atoms with van der Waals surface area (Å²) in [5.41, 5.74) is 2.18. The first-order valence-corrected chi connectivity index (χ1v) is 7.00. The summed E-state index contributed by atoms with van der Waals surface area (Å²) in [6.07, 6.45) is -0.608. The highest BCUT2D eigenvalue weighted by molar-refractivity contribution is 5.35. The predicted octanol–water partition coefficient (Wildman–Crippen LogP) is 4.54. The van der Waals surface area contributed by atoms with Crippen molar-refractivity contribution in [2.45, 2.75) is 38.7 Å². The average Bonchev–Trinajstić information content (AvgIpc) is 2.36. The number of hydrogen-bond donors (Lipinski definition) is 1. The summed E-state index contributed by atoms with van der Waals surface area (Å²) in [7, 11) is 0. The van der Waals surface area contributed by atoms with Crippen LogP contribution in [0.25, 0.3) is 0 Å². The maximum atomic E-state index is 13.2. The van der Waals surface area contributed by atoms with Gasteiger partial charge in [-0.15, -0.1) is 0 Å². The molecule has 1 unspecified atom stereocenters. The van der Waals surface area contributed by atoms with Crippen LogP contribution in [0.3, 0.4) is 0 Å². The van der Waals surface area contributed by atoms with Gasteiger partial charge in [0.2, 0.25) is 0 Å². The van der Waals surface area contributed by atoms with Crippen molar-refractivity contribution in [3.63, 3.8) is 0 Å². The molecule has 3 heteroatoms. The SMILES string of the molecule is CC(C)(C)c1ccccc1C(O)Cc1cc(F)cc(F)c1. The van der Waals surface area contributed by atoms with E-state index in [1.165, 1.54) is 12.1 Å². The van der Waals surface area contributed by atoms with E-state index in [0.717, 1.165) is 17.2 Å². The van der Waals surface area contributed by atoms with Gasteiger partial charge in [0.25, 0.3) is 0 Å². The summed E-state index contributed by atoms with van der Waals surface area (Å²) in [5.74, 6) is -1.25. The molecule has 2 aromatic carbocycles. The minimum absolute atomic E-state index is 0.106. The van der Waals surface area contributed by atoms with Crippen LogP contribution in [0.4, 0.5) is 8.78 Å². The van der Waals surface area contributed by atoms with Crippen molar-refractivity contribution in [1.29, 1.82) is 0 Å². The molecule has 0 radical (unpaired) electrons. The van der Waals surface area contributed by atoms with Crippen LogP contribution < -0.4 is 0 Å². The lowest BCUT2D eigenvalue weighted by Gasteiger charge is -2.25. The molecule has 1 atom stereocenters. The van der Waals surface area contributed by atoms with Gasteiger partial charge in [-0.1, -0.05) is 45.0 Å². The number of halogens is 2. The van der Waals surface area contributed by atoms with Gasteiger partial charge in [0.15, 0.2) is 0 Å². The predicted molar refractivity (Wildman–Crippen MR) is 80.2 cm³/mol. The van der Waals surface area contributed by atoms with Crippen molar-refractivity contribution >= 4 is 0 Å². The minimum Gasteiger partial charge on any atom is -0.388 e. The zero-order chi connectivity index (χ0) is 15.6. The molecular formula is C18H20F2O. The highest BCUT2D eigenvalue weighted by atomic mass is 19.1. The van der Waals surface area contributed by atoms with E-state index in [9.17, 15) is 13.9 Å². The second-order valence-electron chi connectivity index (χ2n) is 6.33. The monoisotopic (exact) mass is 290 g/mol. The summed E-state index contributed by atoms with van der Waals surface area (Å²) in [4.78, 5) is 0. The summed E-state index contributed by atoms with van der Waals surface area (Å²) in [5, 5.41) is 10.5. The van der Waals surface area contributed by atoms with Crippen LogP contribution in [-0.4, -0.2) is 5.11 Å². The molecule has 0 fully saturated rings. The van der Waals surface area contributed by atoms with E-state index in [2.05, 4.69) is 20.8 Å². The molecule has 2 rings (SSSR count).